The van der Waals surface area contributed by atoms with E-state index in [1.165, 1.54) is 0 Å². The second-order valence-corrected chi connectivity index (χ2v) is 7.52. The molecule has 2 rings (SSSR count). The van der Waals surface area contributed by atoms with Crippen LogP contribution in [0.15, 0.2) is 15.4 Å². The summed E-state index contributed by atoms with van der Waals surface area (Å²) in [4.78, 5) is 0.224. The lowest BCUT2D eigenvalue weighted by molar-refractivity contribution is 0.0577. The highest BCUT2D eigenvalue weighted by Crippen LogP contribution is 2.29. The number of furan rings is 1. The summed E-state index contributed by atoms with van der Waals surface area (Å²) in [5.41, 5.74) is -0.139. The molecule has 1 aliphatic rings. The van der Waals surface area contributed by atoms with Gasteiger partial charge in [0.05, 0.1) is 6.61 Å². The number of methoxy groups -OCH3 is 1. The first kappa shape index (κ1) is 16.5. The number of ether oxygens (including phenoxy) is 1. The van der Waals surface area contributed by atoms with Gasteiger partial charge in [-0.3, -0.25) is 0 Å². The van der Waals surface area contributed by atoms with E-state index < -0.39 is 10.0 Å². The summed E-state index contributed by atoms with van der Waals surface area (Å²) < 4.78 is 38.2. The van der Waals surface area contributed by atoms with Gasteiger partial charge in [0.15, 0.2) is 0 Å². The van der Waals surface area contributed by atoms with Crippen molar-refractivity contribution in [2.45, 2.75) is 31.6 Å². The molecule has 2 heterocycles. The van der Waals surface area contributed by atoms with E-state index in [-0.39, 0.29) is 10.3 Å². The molecule has 120 valence electrons. The Morgan fingerprint density at radius 3 is 2.57 bits per heavy atom. The molecule has 0 saturated carbocycles. The molecule has 1 fully saturated rings. The predicted molar refractivity (Wildman–Crippen MR) is 79.8 cm³/mol. The van der Waals surface area contributed by atoms with Crippen LogP contribution in [0.25, 0.3) is 0 Å². The molecule has 21 heavy (non-hydrogen) atoms. The Labute approximate surface area is 126 Å². The first-order valence-electron chi connectivity index (χ1n) is 7.15. The van der Waals surface area contributed by atoms with Crippen molar-refractivity contribution < 1.29 is 17.6 Å². The predicted octanol–water partition coefficient (Wildman–Crippen LogP) is 1.19. The minimum absolute atomic E-state index is 0.139. The summed E-state index contributed by atoms with van der Waals surface area (Å²) in [6.07, 6.45) is 1.79. The number of aryl methyl sites for hydroxylation is 2. The monoisotopic (exact) mass is 316 g/mol. The van der Waals surface area contributed by atoms with Gasteiger partial charge in [-0.2, -0.15) is 0 Å². The number of nitrogens with one attached hydrogen (secondary N) is 2. The molecular formula is C14H24N2O4S. The van der Waals surface area contributed by atoms with E-state index in [0.29, 0.717) is 24.7 Å². The van der Waals surface area contributed by atoms with E-state index in [1.54, 1.807) is 27.0 Å². The molecule has 1 aromatic heterocycles. The molecule has 0 bridgehead atoms. The summed E-state index contributed by atoms with van der Waals surface area (Å²) >= 11 is 0. The van der Waals surface area contributed by atoms with Crippen molar-refractivity contribution in [3.8, 4) is 0 Å². The second kappa shape index (κ2) is 6.48. The standard InChI is InChI=1S/C14H24N2O4S/c1-11-8-13(12(2)20-11)21(17,18)16-9-14(10-19-3)4-6-15-7-5-14/h8,15-16H,4-7,9-10H2,1-3H3. The Morgan fingerprint density at radius 1 is 1.38 bits per heavy atom. The molecule has 7 heteroatoms. The quantitative estimate of drug-likeness (QED) is 0.824. The Morgan fingerprint density at radius 2 is 2.05 bits per heavy atom. The van der Waals surface area contributed by atoms with E-state index in [0.717, 1.165) is 25.9 Å². The van der Waals surface area contributed by atoms with E-state index in [4.69, 9.17) is 9.15 Å². The maximum atomic E-state index is 12.4. The van der Waals surface area contributed by atoms with Crippen molar-refractivity contribution >= 4 is 10.0 Å². The van der Waals surface area contributed by atoms with Crippen LogP contribution in [0.5, 0.6) is 0 Å². The van der Waals surface area contributed by atoms with Gasteiger partial charge in [-0.25, -0.2) is 13.1 Å². The maximum Gasteiger partial charge on any atom is 0.244 e. The summed E-state index contributed by atoms with van der Waals surface area (Å²) in [6.45, 7) is 6.11. The lowest BCUT2D eigenvalue weighted by atomic mass is 9.80. The average molecular weight is 316 g/mol. The maximum absolute atomic E-state index is 12.4. The van der Waals surface area contributed by atoms with Crippen LogP contribution in [-0.4, -0.2) is 41.8 Å². The van der Waals surface area contributed by atoms with Crippen molar-refractivity contribution in [2.75, 3.05) is 33.4 Å². The molecule has 0 radical (unpaired) electrons. The van der Waals surface area contributed by atoms with Crippen molar-refractivity contribution in [3.63, 3.8) is 0 Å². The lowest BCUT2D eigenvalue weighted by Crippen LogP contribution is -2.47. The van der Waals surface area contributed by atoms with Crippen LogP contribution < -0.4 is 10.0 Å². The summed E-state index contributed by atoms with van der Waals surface area (Å²) in [7, 11) is -1.89. The van der Waals surface area contributed by atoms with Gasteiger partial charge in [0.25, 0.3) is 0 Å². The highest BCUT2D eigenvalue weighted by molar-refractivity contribution is 7.89. The van der Waals surface area contributed by atoms with Gasteiger partial charge in [-0.1, -0.05) is 0 Å². The molecule has 0 atom stereocenters. The van der Waals surface area contributed by atoms with Gasteiger partial charge in [0.2, 0.25) is 10.0 Å². The van der Waals surface area contributed by atoms with Gasteiger partial charge >= 0.3 is 0 Å². The fourth-order valence-electron chi connectivity index (χ4n) is 2.84. The summed E-state index contributed by atoms with van der Waals surface area (Å²) in [5, 5.41) is 3.29. The summed E-state index contributed by atoms with van der Waals surface area (Å²) in [5.74, 6) is 1.02. The minimum atomic E-state index is -3.55. The molecular weight excluding hydrogens is 292 g/mol. The second-order valence-electron chi connectivity index (χ2n) is 5.79. The van der Waals surface area contributed by atoms with Gasteiger partial charge < -0.3 is 14.5 Å². The third-order valence-corrected chi connectivity index (χ3v) is 5.55. The average Bonchev–Trinajstić information content (AvgIpc) is 2.78. The number of hydrogen-bond acceptors (Lipinski definition) is 5. The third-order valence-electron chi connectivity index (χ3n) is 4.04. The van der Waals surface area contributed by atoms with Crippen LogP contribution in [0, 0.1) is 19.3 Å². The van der Waals surface area contributed by atoms with E-state index in [9.17, 15) is 8.42 Å². The van der Waals surface area contributed by atoms with Gasteiger partial charge in [-0.15, -0.1) is 0 Å². The first-order valence-corrected chi connectivity index (χ1v) is 8.63. The smallest absolute Gasteiger partial charge is 0.244 e. The van der Waals surface area contributed by atoms with Crippen LogP contribution in [-0.2, 0) is 14.8 Å². The van der Waals surface area contributed by atoms with Gasteiger partial charge in [-0.05, 0) is 45.8 Å². The van der Waals surface area contributed by atoms with E-state index in [1.807, 2.05) is 0 Å². The fraction of sp³-hybridized carbons (Fsp3) is 0.714. The van der Waals surface area contributed by atoms with Gasteiger partial charge in [0.1, 0.15) is 16.4 Å². The Hall–Kier alpha value is -0.890. The van der Waals surface area contributed by atoms with E-state index in [2.05, 4.69) is 10.0 Å². The number of hydrogen-bond donors (Lipinski definition) is 2. The minimum Gasteiger partial charge on any atom is -0.465 e. The Balaban J connectivity index is 2.11. The van der Waals surface area contributed by atoms with Crippen LogP contribution in [0.4, 0.5) is 0 Å². The third kappa shape index (κ3) is 3.85. The Kier molecular flexibility index (Phi) is 5.08. The largest absolute Gasteiger partial charge is 0.465 e. The Bertz CT molecular complexity index is 568. The zero-order chi connectivity index (χ0) is 15.5. The fourth-order valence-corrected chi connectivity index (χ4v) is 4.23. The summed E-state index contributed by atoms with van der Waals surface area (Å²) in [6, 6.07) is 1.56. The molecule has 0 amide bonds. The van der Waals surface area contributed by atoms with E-state index >= 15 is 0 Å². The first-order chi connectivity index (χ1) is 9.88. The molecule has 6 nitrogen and oxygen atoms in total. The van der Waals surface area contributed by atoms with Crippen LogP contribution in [0.1, 0.15) is 24.4 Å². The molecule has 1 aliphatic heterocycles. The molecule has 2 N–H and O–H groups in total. The number of piperidine rings is 1. The lowest BCUT2D eigenvalue weighted by Gasteiger charge is -2.37. The number of rotatable bonds is 6. The topological polar surface area (TPSA) is 80.6 Å². The van der Waals surface area contributed by atoms with Crippen molar-refractivity contribution in [3.05, 3.63) is 17.6 Å². The van der Waals surface area contributed by atoms with Crippen LogP contribution in [0.3, 0.4) is 0 Å². The molecule has 0 spiro atoms. The highest BCUT2D eigenvalue weighted by Gasteiger charge is 2.34. The van der Waals surface area contributed by atoms with Gasteiger partial charge in [0, 0.05) is 19.1 Å². The zero-order valence-electron chi connectivity index (χ0n) is 12.9. The van der Waals surface area contributed by atoms with Crippen LogP contribution in [0.2, 0.25) is 0 Å². The molecule has 0 aliphatic carbocycles. The molecule has 0 aromatic carbocycles. The van der Waals surface area contributed by atoms with Crippen molar-refractivity contribution in [1.29, 1.82) is 0 Å². The molecule has 0 unspecified atom stereocenters. The zero-order valence-corrected chi connectivity index (χ0v) is 13.7. The SMILES string of the molecule is COCC1(CNS(=O)(=O)c2cc(C)oc2C)CCNCC1. The van der Waals surface area contributed by atoms with Crippen molar-refractivity contribution in [2.24, 2.45) is 5.41 Å². The molecule has 1 aromatic rings. The van der Waals surface area contributed by atoms with Crippen LogP contribution >= 0.6 is 0 Å². The van der Waals surface area contributed by atoms with Crippen molar-refractivity contribution in [1.82, 2.24) is 10.0 Å². The highest BCUT2D eigenvalue weighted by atomic mass is 32.2. The molecule has 1 saturated heterocycles. The number of sulfonamides is 1. The normalized spacial score (nSPS) is 18.8.